The molecule has 1 saturated heterocycles. The Morgan fingerprint density at radius 2 is 2.38 bits per heavy atom. The number of amides is 1. The smallest absolute Gasteiger partial charge is 0.234 e. The maximum atomic E-state index is 11.5. The summed E-state index contributed by atoms with van der Waals surface area (Å²) in [4.78, 5) is 13.7. The number of carbonyl (C=O) groups excluding carboxylic acids is 1. The van der Waals surface area contributed by atoms with Crippen LogP contribution < -0.4 is 10.6 Å². The van der Waals surface area contributed by atoms with Gasteiger partial charge < -0.3 is 15.4 Å². The number of nitrogens with zero attached hydrogens (tertiary/aromatic N) is 1. The lowest BCUT2D eigenvalue weighted by Gasteiger charge is -2.32. The zero-order valence-corrected chi connectivity index (χ0v) is 10.3. The molecule has 0 aromatic carbocycles. The molecular formula is C11H23N3O2. The van der Waals surface area contributed by atoms with Gasteiger partial charge in [0.25, 0.3) is 0 Å². The van der Waals surface area contributed by atoms with E-state index >= 15 is 0 Å². The lowest BCUT2D eigenvalue weighted by atomic mass is 10.2. The fraction of sp³-hybridized carbons (Fsp3) is 0.909. The zero-order valence-electron chi connectivity index (χ0n) is 10.3. The first-order valence-corrected chi connectivity index (χ1v) is 6.01. The molecule has 0 bridgehead atoms. The Hall–Kier alpha value is -0.650. The number of hydrogen-bond donors (Lipinski definition) is 2. The van der Waals surface area contributed by atoms with Crippen molar-refractivity contribution < 1.29 is 9.53 Å². The molecule has 1 fully saturated rings. The first-order valence-electron chi connectivity index (χ1n) is 6.01. The van der Waals surface area contributed by atoms with Gasteiger partial charge in [-0.15, -0.1) is 0 Å². The molecule has 5 nitrogen and oxygen atoms in total. The molecule has 0 aliphatic carbocycles. The van der Waals surface area contributed by atoms with Gasteiger partial charge in [0.15, 0.2) is 0 Å². The summed E-state index contributed by atoms with van der Waals surface area (Å²) in [6.45, 7) is 6.55. The van der Waals surface area contributed by atoms with Gasteiger partial charge in [0, 0.05) is 26.2 Å². The Kier molecular flexibility index (Phi) is 6.37. The maximum Gasteiger partial charge on any atom is 0.234 e. The molecule has 0 aromatic heterocycles. The topological polar surface area (TPSA) is 53.6 Å². The Balaban J connectivity index is 2.22. The number of ether oxygens (including phenoxy) is 1. The zero-order chi connectivity index (χ0) is 11.8. The van der Waals surface area contributed by atoms with Gasteiger partial charge in [-0.3, -0.25) is 9.69 Å². The van der Waals surface area contributed by atoms with Gasteiger partial charge >= 0.3 is 0 Å². The highest BCUT2D eigenvalue weighted by molar-refractivity contribution is 5.77. The first-order chi connectivity index (χ1) is 7.76. The molecule has 1 rings (SSSR count). The molecular weight excluding hydrogens is 206 g/mol. The summed E-state index contributed by atoms with van der Waals surface area (Å²) in [5.41, 5.74) is 0. The normalized spacial score (nSPS) is 22.0. The second-order valence-corrected chi connectivity index (χ2v) is 4.14. The molecule has 1 aliphatic heterocycles. The van der Waals surface area contributed by atoms with Crippen LogP contribution in [0.4, 0.5) is 0 Å². The number of carbonyl (C=O) groups is 1. The lowest BCUT2D eigenvalue weighted by molar-refractivity contribution is -0.124. The summed E-state index contributed by atoms with van der Waals surface area (Å²) in [6, 6.07) is 0. The number of likely N-dealkylation sites (N-methyl/N-ethyl adjacent to an activating group) is 1. The SMILES string of the molecule is CCCNC(=O)CN1CCOC(CNC)C1. The Bertz CT molecular complexity index is 209. The molecule has 2 N–H and O–H groups in total. The minimum Gasteiger partial charge on any atom is -0.374 e. The van der Waals surface area contributed by atoms with Crippen molar-refractivity contribution in [3.05, 3.63) is 0 Å². The van der Waals surface area contributed by atoms with Crippen LogP contribution in [0.1, 0.15) is 13.3 Å². The van der Waals surface area contributed by atoms with Crippen LogP contribution in [0.3, 0.4) is 0 Å². The van der Waals surface area contributed by atoms with E-state index in [0.717, 1.165) is 32.6 Å². The molecule has 1 aliphatic rings. The van der Waals surface area contributed by atoms with Gasteiger partial charge in [-0.05, 0) is 13.5 Å². The third kappa shape index (κ3) is 4.92. The van der Waals surface area contributed by atoms with Crippen molar-refractivity contribution >= 4 is 5.91 Å². The van der Waals surface area contributed by atoms with Crippen molar-refractivity contribution in [2.75, 3.05) is 46.4 Å². The number of morpholine rings is 1. The Morgan fingerprint density at radius 3 is 3.06 bits per heavy atom. The largest absolute Gasteiger partial charge is 0.374 e. The molecule has 0 saturated carbocycles. The van der Waals surface area contributed by atoms with Gasteiger partial charge in [-0.1, -0.05) is 6.92 Å². The van der Waals surface area contributed by atoms with E-state index in [1.165, 1.54) is 0 Å². The van der Waals surface area contributed by atoms with Crippen molar-refractivity contribution in [3.63, 3.8) is 0 Å². The van der Waals surface area contributed by atoms with Gasteiger partial charge in [-0.25, -0.2) is 0 Å². The van der Waals surface area contributed by atoms with Crippen LogP contribution in [0.15, 0.2) is 0 Å². The van der Waals surface area contributed by atoms with Crippen LogP contribution in [-0.2, 0) is 9.53 Å². The summed E-state index contributed by atoms with van der Waals surface area (Å²) < 4.78 is 5.58. The standard InChI is InChI=1S/C11H23N3O2/c1-3-4-13-11(15)9-14-5-6-16-10(8-14)7-12-2/h10,12H,3-9H2,1-2H3,(H,13,15). The third-order valence-electron chi connectivity index (χ3n) is 2.59. The summed E-state index contributed by atoms with van der Waals surface area (Å²) in [7, 11) is 1.91. The van der Waals surface area contributed by atoms with Crippen molar-refractivity contribution in [2.45, 2.75) is 19.4 Å². The quantitative estimate of drug-likeness (QED) is 0.640. The predicted molar refractivity (Wildman–Crippen MR) is 63.4 cm³/mol. The molecule has 1 atom stereocenters. The summed E-state index contributed by atoms with van der Waals surface area (Å²) >= 11 is 0. The van der Waals surface area contributed by atoms with E-state index in [4.69, 9.17) is 4.74 Å². The minimum atomic E-state index is 0.118. The van der Waals surface area contributed by atoms with Crippen LogP contribution in [-0.4, -0.2) is 63.3 Å². The fourth-order valence-electron chi connectivity index (χ4n) is 1.80. The average molecular weight is 229 g/mol. The van der Waals surface area contributed by atoms with E-state index in [1.54, 1.807) is 0 Å². The number of nitrogens with one attached hydrogen (secondary N) is 2. The molecule has 5 heteroatoms. The number of hydrogen-bond acceptors (Lipinski definition) is 4. The van der Waals surface area contributed by atoms with E-state index in [9.17, 15) is 4.79 Å². The van der Waals surface area contributed by atoms with Crippen LogP contribution in [0.25, 0.3) is 0 Å². The molecule has 0 radical (unpaired) electrons. The van der Waals surface area contributed by atoms with Gasteiger partial charge in [-0.2, -0.15) is 0 Å². The van der Waals surface area contributed by atoms with E-state index < -0.39 is 0 Å². The van der Waals surface area contributed by atoms with Crippen LogP contribution in [0.2, 0.25) is 0 Å². The maximum absolute atomic E-state index is 11.5. The molecule has 16 heavy (non-hydrogen) atoms. The fourth-order valence-corrected chi connectivity index (χ4v) is 1.80. The van der Waals surface area contributed by atoms with Crippen molar-refractivity contribution in [1.82, 2.24) is 15.5 Å². The molecule has 0 aromatic rings. The number of rotatable bonds is 6. The van der Waals surface area contributed by atoms with E-state index in [2.05, 4.69) is 22.5 Å². The minimum absolute atomic E-state index is 0.118. The van der Waals surface area contributed by atoms with Crippen LogP contribution in [0.5, 0.6) is 0 Å². The highest BCUT2D eigenvalue weighted by Crippen LogP contribution is 2.03. The lowest BCUT2D eigenvalue weighted by Crippen LogP contribution is -2.49. The van der Waals surface area contributed by atoms with Gasteiger partial charge in [0.2, 0.25) is 5.91 Å². The van der Waals surface area contributed by atoms with Crippen LogP contribution in [0, 0.1) is 0 Å². The first kappa shape index (κ1) is 13.4. The van der Waals surface area contributed by atoms with E-state index in [1.807, 2.05) is 7.05 Å². The second kappa shape index (κ2) is 7.60. The average Bonchev–Trinajstić information content (AvgIpc) is 2.27. The van der Waals surface area contributed by atoms with E-state index in [0.29, 0.717) is 13.2 Å². The van der Waals surface area contributed by atoms with Crippen LogP contribution >= 0.6 is 0 Å². The summed E-state index contributed by atoms with van der Waals surface area (Å²) in [5, 5.41) is 5.98. The van der Waals surface area contributed by atoms with Crippen molar-refractivity contribution in [2.24, 2.45) is 0 Å². The predicted octanol–water partition coefficient (Wildman–Crippen LogP) is -0.567. The summed E-state index contributed by atoms with van der Waals surface area (Å²) in [6.07, 6.45) is 1.19. The highest BCUT2D eigenvalue weighted by atomic mass is 16.5. The monoisotopic (exact) mass is 229 g/mol. The summed E-state index contributed by atoms with van der Waals surface area (Å²) in [5.74, 6) is 0.118. The molecule has 1 unspecified atom stereocenters. The highest BCUT2D eigenvalue weighted by Gasteiger charge is 2.21. The molecule has 1 heterocycles. The van der Waals surface area contributed by atoms with Crippen molar-refractivity contribution in [3.8, 4) is 0 Å². The Labute approximate surface area is 97.5 Å². The van der Waals surface area contributed by atoms with Gasteiger partial charge in [0.05, 0.1) is 19.3 Å². The van der Waals surface area contributed by atoms with Crippen molar-refractivity contribution in [1.29, 1.82) is 0 Å². The molecule has 0 spiro atoms. The molecule has 94 valence electrons. The Morgan fingerprint density at radius 1 is 1.56 bits per heavy atom. The van der Waals surface area contributed by atoms with Gasteiger partial charge in [0.1, 0.15) is 0 Å². The molecule has 1 amide bonds. The third-order valence-corrected chi connectivity index (χ3v) is 2.59. The van der Waals surface area contributed by atoms with E-state index in [-0.39, 0.29) is 12.0 Å². The second-order valence-electron chi connectivity index (χ2n) is 4.14.